The van der Waals surface area contributed by atoms with Crippen LogP contribution in [0.1, 0.15) is 55.3 Å². The summed E-state index contributed by atoms with van der Waals surface area (Å²) in [6.07, 6.45) is 5.98. The average molecular weight is 511 g/mol. The van der Waals surface area contributed by atoms with Gasteiger partial charge in [0, 0.05) is 43.5 Å². The lowest BCUT2D eigenvalue weighted by Crippen LogP contribution is -2.55. The van der Waals surface area contributed by atoms with Gasteiger partial charge in [0.2, 0.25) is 5.91 Å². The number of amides is 2. The number of piperazine rings is 1. The van der Waals surface area contributed by atoms with Gasteiger partial charge in [-0.05, 0) is 55.9 Å². The SMILES string of the molecule is O=C(N[C@H](C(=O)N1C[C@@H](O)[C@H]2OCC(=O)[C@H]21)C1CCCCC1)c1ccc(N2CCN(C3CC3)CC2)cc1. The predicted octanol–water partition coefficient (Wildman–Crippen LogP) is 1.19. The van der Waals surface area contributed by atoms with Gasteiger partial charge in [-0.15, -0.1) is 0 Å². The first kappa shape index (κ1) is 24.8. The van der Waals surface area contributed by atoms with E-state index in [9.17, 15) is 19.5 Å². The second kappa shape index (κ2) is 10.3. The fourth-order valence-corrected chi connectivity index (χ4v) is 6.72. The zero-order valence-electron chi connectivity index (χ0n) is 21.4. The number of ether oxygens (including phenoxy) is 1. The number of nitrogens with one attached hydrogen (secondary N) is 1. The molecule has 6 rings (SSSR count). The number of nitrogens with zero attached hydrogens (tertiary/aromatic N) is 3. The number of carbonyl (C=O) groups is 3. The van der Waals surface area contributed by atoms with E-state index in [1.165, 1.54) is 17.7 Å². The van der Waals surface area contributed by atoms with Gasteiger partial charge in [-0.3, -0.25) is 19.3 Å². The Balaban J connectivity index is 1.14. The van der Waals surface area contributed by atoms with Gasteiger partial charge in [0.05, 0.1) is 6.54 Å². The largest absolute Gasteiger partial charge is 0.388 e. The quantitative estimate of drug-likeness (QED) is 0.593. The Morgan fingerprint density at radius 1 is 0.973 bits per heavy atom. The topological polar surface area (TPSA) is 102 Å². The minimum Gasteiger partial charge on any atom is -0.388 e. The van der Waals surface area contributed by atoms with Gasteiger partial charge < -0.3 is 25.0 Å². The third kappa shape index (κ3) is 5.01. The summed E-state index contributed by atoms with van der Waals surface area (Å²) >= 11 is 0. The van der Waals surface area contributed by atoms with E-state index in [0.717, 1.165) is 70.0 Å². The Morgan fingerprint density at radius 3 is 2.35 bits per heavy atom. The van der Waals surface area contributed by atoms with E-state index in [0.29, 0.717) is 5.56 Å². The van der Waals surface area contributed by atoms with E-state index >= 15 is 0 Å². The summed E-state index contributed by atoms with van der Waals surface area (Å²) in [4.78, 5) is 46.0. The third-order valence-corrected chi connectivity index (χ3v) is 8.99. The molecule has 5 aliphatic rings. The minimum atomic E-state index is -0.887. The first-order valence-electron chi connectivity index (χ1n) is 14.0. The fraction of sp³-hybridized carbons (Fsp3) is 0.679. The van der Waals surface area contributed by atoms with Gasteiger partial charge in [-0.2, -0.15) is 0 Å². The van der Waals surface area contributed by atoms with E-state index in [-0.39, 0.29) is 36.7 Å². The molecular formula is C28H38N4O5. The van der Waals surface area contributed by atoms with Crippen LogP contribution in [-0.4, -0.2) is 102 Å². The number of aliphatic hydroxyl groups excluding tert-OH is 1. The molecule has 9 heteroatoms. The molecule has 0 unspecified atom stereocenters. The molecule has 0 aromatic heterocycles. The maximum Gasteiger partial charge on any atom is 0.251 e. The van der Waals surface area contributed by atoms with Crippen LogP contribution in [0.15, 0.2) is 24.3 Å². The number of benzene rings is 1. The lowest BCUT2D eigenvalue weighted by atomic mass is 9.83. The highest BCUT2D eigenvalue weighted by Crippen LogP contribution is 2.33. The predicted molar refractivity (Wildman–Crippen MR) is 137 cm³/mol. The second-order valence-electron chi connectivity index (χ2n) is 11.4. The van der Waals surface area contributed by atoms with Crippen molar-refractivity contribution in [2.75, 3.05) is 44.2 Å². The number of β-amino-alcohol motifs (C(OH)–C–C–N with tert-alkyl or cyclic N) is 1. The molecule has 2 saturated carbocycles. The van der Waals surface area contributed by atoms with Crippen molar-refractivity contribution in [1.29, 1.82) is 0 Å². The molecule has 5 fully saturated rings. The second-order valence-corrected chi connectivity index (χ2v) is 11.4. The normalized spacial score (nSPS) is 29.9. The van der Waals surface area contributed by atoms with E-state index in [1.54, 1.807) is 0 Å². The van der Waals surface area contributed by atoms with Crippen molar-refractivity contribution in [1.82, 2.24) is 15.1 Å². The first-order chi connectivity index (χ1) is 18.0. The highest BCUT2D eigenvalue weighted by Gasteiger charge is 2.53. The number of rotatable bonds is 6. The molecule has 37 heavy (non-hydrogen) atoms. The summed E-state index contributed by atoms with van der Waals surface area (Å²) in [7, 11) is 0. The molecule has 3 aliphatic heterocycles. The summed E-state index contributed by atoms with van der Waals surface area (Å²) in [6.45, 7) is 4.12. The number of Topliss-reactive ketones (excluding diaryl/α,β-unsaturated/α-hetero) is 1. The number of aliphatic hydroxyl groups is 1. The molecule has 0 radical (unpaired) electrons. The van der Waals surface area contributed by atoms with Gasteiger partial charge in [0.25, 0.3) is 5.91 Å². The van der Waals surface area contributed by atoms with Crippen molar-refractivity contribution < 1.29 is 24.2 Å². The number of hydrogen-bond donors (Lipinski definition) is 2. The fourth-order valence-electron chi connectivity index (χ4n) is 6.72. The Kier molecular flexibility index (Phi) is 6.94. The average Bonchev–Trinajstić information content (AvgIpc) is 3.64. The Morgan fingerprint density at radius 2 is 1.68 bits per heavy atom. The standard InChI is InChI=1S/C28H38N4O5/c33-22-16-32(25-23(34)17-37-26(22)25)28(36)24(18-4-2-1-3-5-18)29-27(35)19-6-8-20(9-7-19)30-12-14-31(15-13-30)21-10-11-21/h6-9,18,21-22,24-26,33H,1-5,10-17H2,(H,29,35)/t22-,24+,25-,26-/m1/s1. The molecule has 1 aromatic carbocycles. The molecule has 2 amide bonds. The summed E-state index contributed by atoms with van der Waals surface area (Å²) in [6, 6.07) is 6.98. The molecule has 9 nitrogen and oxygen atoms in total. The van der Waals surface area contributed by atoms with Crippen molar-refractivity contribution in [3.63, 3.8) is 0 Å². The van der Waals surface area contributed by atoms with Crippen molar-refractivity contribution in [3.8, 4) is 0 Å². The summed E-state index contributed by atoms with van der Waals surface area (Å²) < 4.78 is 5.45. The number of ketones is 1. The molecule has 3 heterocycles. The lowest BCUT2D eigenvalue weighted by Gasteiger charge is -2.36. The zero-order valence-corrected chi connectivity index (χ0v) is 21.4. The molecule has 4 atom stereocenters. The molecule has 3 saturated heterocycles. The molecule has 2 aliphatic carbocycles. The first-order valence-corrected chi connectivity index (χ1v) is 14.0. The molecule has 0 bridgehead atoms. The van der Waals surface area contributed by atoms with Crippen LogP contribution in [0.25, 0.3) is 0 Å². The van der Waals surface area contributed by atoms with E-state index in [4.69, 9.17) is 4.74 Å². The maximum atomic E-state index is 13.8. The number of anilines is 1. The molecule has 2 N–H and O–H groups in total. The van der Waals surface area contributed by atoms with Crippen LogP contribution in [0.3, 0.4) is 0 Å². The number of carbonyl (C=O) groups excluding carboxylic acids is 3. The van der Waals surface area contributed by atoms with Crippen molar-refractivity contribution in [2.45, 2.75) is 75.3 Å². The summed E-state index contributed by atoms with van der Waals surface area (Å²) in [5.74, 6) is -0.729. The van der Waals surface area contributed by atoms with Crippen LogP contribution in [0.5, 0.6) is 0 Å². The smallest absolute Gasteiger partial charge is 0.251 e. The van der Waals surface area contributed by atoms with Crippen LogP contribution in [0, 0.1) is 5.92 Å². The van der Waals surface area contributed by atoms with E-state index < -0.39 is 24.3 Å². The van der Waals surface area contributed by atoms with Crippen molar-refractivity contribution in [2.24, 2.45) is 5.92 Å². The van der Waals surface area contributed by atoms with Crippen LogP contribution in [-0.2, 0) is 14.3 Å². The number of fused-ring (bicyclic) bond motifs is 1. The molecule has 200 valence electrons. The summed E-state index contributed by atoms with van der Waals surface area (Å²) in [5.41, 5.74) is 1.64. The maximum absolute atomic E-state index is 13.8. The van der Waals surface area contributed by atoms with Crippen molar-refractivity contribution >= 4 is 23.3 Å². The van der Waals surface area contributed by atoms with Crippen LogP contribution < -0.4 is 10.2 Å². The highest BCUT2D eigenvalue weighted by molar-refractivity contribution is 5.99. The third-order valence-electron chi connectivity index (χ3n) is 8.99. The van der Waals surface area contributed by atoms with Crippen molar-refractivity contribution in [3.05, 3.63) is 29.8 Å². The van der Waals surface area contributed by atoms with Gasteiger partial charge in [-0.1, -0.05) is 19.3 Å². The lowest BCUT2D eigenvalue weighted by molar-refractivity contribution is -0.139. The molecule has 0 spiro atoms. The van der Waals surface area contributed by atoms with Gasteiger partial charge in [-0.25, -0.2) is 0 Å². The Labute approximate surface area is 218 Å². The van der Waals surface area contributed by atoms with Crippen LogP contribution >= 0.6 is 0 Å². The zero-order chi connectivity index (χ0) is 25.5. The molecule has 1 aromatic rings. The van der Waals surface area contributed by atoms with E-state index in [1.807, 2.05) is 24.3 Å². The van der Waals surface area contributed by atoms with Gasteiger partial charge in [0.1, 0.15) is 30.9 Å². The van der Waals surface area contributed by atoms with E-state index in [2.05, 4.69) is 15.1 Å². The van der Waals surface area contributed by atoms with Crippen LogP contribution in [0.4, 0.5) is 5.69 Å². The van der Waals surface area contributed by atoms with Gasteiger partial charge in [0.15, 0.2) is 5.78 Å². The van der Waals surface area contributed by atoms with Crippen LogP contribution in [0.2, 0.25) is 0 Å². The monoisotopic (exact) mass is 510 g/mol. The minimum absolute atomic E-state index is 0.0147. The Hall–Kier alpha value is -2.49. The summed E-state index contributed by atoms with van der Waals surface area (Å²) in [5, 5.41) is 13.4. The highest BCUT2D eigenvalue weighted by atomic mass is 16.5. The Bertz CT molecular complexity index is 1010. The number of hydrogen-bond acceptors (Lipinski definition) is 7. The van der Waals surface area contributed by atoms with Gasteiger partial charge >= 0.3 is 0 Å². The molecular weight excluding hydrogens is 472 g/mol. The number of likely N-dealkylation sites (tertiary alicyclic amines) is 1.